The van der Waals surface area contributed by atoms with Gasteiger partial charge in [0.1, 0.15) is 5.60 Å². The van der Waals surface area contributed by atoms with E-state index in [1.54, 1.807) is 0 Å². The number of aromatic nitrogens is 1. The van der Waals surface area contributed by atoms with Gasteiger partial charge < -0.3 is 15.0 Å². The number of fused-ring (bicyclic) bond motifs is 2. The van der Waals surface area contributed by atoms with Crippen LogP contribution in [0.5, 0.6) is 0 Å². The molecule has 4 heteroatoms. The Morgan fingerprint density at radius 1 is 1.30 bits per heavy atom. The molecule has 0 bridgehead atoms. The number of hydrogen-bond donors (Lipinski definition) is 2. The number of nitrogens with one attached hydrogen (secondary N) is 2. The summed E-state index contributed by atoms with van der Waals surface area (Å²) in [6, 6.07) is 4.63. The van der Waals surface area contributed by atoms with Gasteiger partial charge in [0, 0.05) is 23.1 Å². The summed E-state index contributed by atoms with van der Waals surface area (Å²) >= 11 is 0. The van der Waals surface area contributed by atoms with Crippen molar-refractivity contribution in [2.24, 2.45) is 0 Å². The van der Waals surface area contributed by atoms with E-state index in [4.69, 9.17) is 4.74 Å². The zero-order chi connectivity index (χ0) is 16.6. The Kier molecular flexibility index (Phi) is 4.09. The molecular formula is C19H26N2O2. The number of amides is 1. The van der Waals surface area contributed by atoms with E-state index in [9.17, 15) is 4.79 Å². The monoisotopic (exact) mass is 314 g/mol. The van der Waals surface area contributed by atoms with Crippen molar-refractivity contribution in [3.8, 4) is 0 Å². The fraction of sp³-hybridized carbons (Fsp3) is 0.526. The lowest BCUT2D eigenvalue weighted by molar-refractivity contribution is 0.0508. The number of H-pyrrole nitrogens is 1. The van der Waals surface area contributed by atoms with Crippen molar-refractivity contribution in [3.05, 3.63) is 35.0 Å². The minimum Gasteiger partial charge on any atom is -0.444 e. The van der Waals surface area contributed by atoms with Crippen LogP contribution in [-0.4, -0.2) is 22.7 Å². The van der Waals surface area contributed by atoms with E-state index in [0.29, 0.717) is 0 Å². The summed E-state index contributed by atoms with van der Waals surface area (Å²) in [6.45, 7) is 7.63. The molecule has 1 aliphatic rings. The molecule has 1 atom stereocenters. The first-order valence-electron chi connectivity index (χ1n) is 8.43. The van der Waals surface area contributed by atoms with Crippen molar-refractivity contribution in [1.29, 1.82) is 0 Å². The normalized spacial score (nSPS) is 15.5. The summed E-state index contributed by atoms with van der Waals surface area (Å²) in [5.41, 5.74) is 4.94. The van der Waals surface area contributed by atoms with Crippen LogP contribution < -0.4 is 5.32 Å². The average Bonchev–Trinajstić information content (AvgIpc) is 3.00. The van der Waals surface area contributed by atoms with Crippen molar-refractivity contribution >= 4 is 17.0 Å². The van der Waals surface area contributed by atoms with Crippen LogP contribution in [0, 0.1) is 0 Å². The SMILES string of the molecule is CC(Cc1c[nH]c2cc3c(cc12)CCC3)NC(=O)OC(C)(C)C. The second kappa shape index (κ2) is 5.91. The molecule has 2 N–H and O–H groups in total. The fourth-order valence-corrected chi connectivity index (χ4v) is 3.31. The minimum absolute atomic E-state index is 0.0251. The molecular weight excluding hydrogens is 288 g/mol. The van der Waals surface area contributed by atoms with Gasteiger partial charge in [-0.3, -0.25) is 0 Å². The summed E-state index contributed by atoms with van der Waals surface area (Å²) in [7, 11) is 0. The lowest BCUT2D eigenvalue weighted by Gasteiger charge is -2.21. The quantitative estimate of drug-likeness (QED) is 0.895. The molecule has 0 spiro atoms. The maximum atomic E-state index is 11.9. The second-order valence-corrected chi connectivity index (χ2v) is 7.59. The van der Waals surface area contributed by atoms with Crippen LogP contribution in [-0.2, 0) is 24.0 Å². The molecule has 4 nitrogen and oxygen atoms in total. The highest BCUT2D eigenvalue weighted by Gasteiger charge is 2.19. The summed E-state index contributed by atoms with van der Waals surface area (Å²) in [5.74, 6) is 0. The first-order valence-corrected chi connectivity index (χ1v) is 8.43. The van der Waals surface area contributed by atoms with Gasteiger partial charge >= 0.3 is 6.09 Å². The second-order valence-electron chi connectivity index (χ2n) is 7.59. The molecule has 0 aliphatic heterocycles. The Hall–Kier alpha value is -1.97. The lowest BCUT2D eigenvalue weighted by Crippen LogP contribution is -2.38. The average molecular weight is 314 g/mol. The van der Waals surface area contributed by atoms with Gasteiger partial charge in [-0.15, -0.1) is 0 Å². The molecule has 3 rings (SSSR count). The molecule has 1 aromatic carbocycles. The predicted octanol–water partition coefficient (Wildman–Crippen LogP) is 4.11. The van der Waals surface area contributed by atoms with Crippen LogP contribution in [0.15, 0.2) is 18.3 Å². The number of rotatable bonds is 3. The van der Waals surface area contributed by atoms with E-state index in [2.05, 4.69) is 28.6 Å². The molecule has 1 amide bonds. The zero-order valence-corrected chi connectivity index (χ0v) is 14.5. The van der Waals surface area contributed by atoms with Gasteiger partial charge in [0.2, 0.25) is 0 Å². The van der Waals surface area contributed by atoms with Crippen molar-refractivity contribution in [1.82, 2.24) is 10.3 Å². The number of aryl methyl sites for hydroxylation is 2. The van der Waals surface area contributed by atoms with Gasteiger partial charge in [-0.05, 0) is 82.2 Å². The molecule has 0 saturated heterocycles. The van der Waals surface area contributed by atoms with Crippen LogP contribution in [0.3, 0.4) is 0 Å². The number of ether oxygens (including phenoxy) is 1. The van der Waals surface area contributed by atoms with Crippen LogP contribution in [0.2, 0.25) is 0 Å². The van der Waals surface area contributed by atoms with Crippen molar-refractivity contribution in [2.45, 2.75) is 65.0 Å². The minimum atomic E-state index is -0.467. The first-order chi connectivity index (χ1) is 10.8. The molecule has 124 valence electrons. The smallest absolute Gasteiger partial charge is 0.407 e. The lowest BCUT2D eigenvalue weighted by atomic mass is 10.0. The van der Waals surface area contributed by atoms with E-state index in [-0.39, 0.29) is 12.1 Å². The summed E-state index contributed by atoms with van der Waals surface area (Å²) in [5, 5.41) is 4.20. The number of carbonyl (C=O) groups is 1. The van der Waals surface area contributed by atoms with Gasteiger partial charge in [0.25, 0.3) is 0 Å². The number of carbonyl (C=O) groups excluding carboxylic acids is 1. The van der Waals surface area contributed by atoms with Gasteiger partial charge in [0.05, 0.1) is 0 Å². The van der Waals surface area contributed by atoms with E-state index < -0.39 is 5.60 Å². The number of aromatic amines is 1. The standard InChI is InChI=1S/C19H26N2O2/c1-12(21-18(22)23-19(2,3)4)8-15-11-20-17-10-14-7-5-6-13(14)9-16(15)17/h9-12,20H,5-8H2,1-4H3,(H,21,22). The highest BCUT2D eigenvalue weighted by Crippen LogP contribution is 2.29. The third kappa shape index (κ3) is 3.69. The van der Waals surface area contributed by atoms with Gasteiger partial charge in [0.15, 0.2) is 0 Å². The van der Waals surface area contributed by atoms with E-state index in [1.165, 1.54) is 46.9 Å². The fourth-order valence-electron chi connectivity index (χ4n) is 3.31. The molecule has 1 unspecified atom stereocenters. The number of hydrogen-bond acceptors (Lipinski definition) is 2. The van der Waals surface area contributed by atoms with E-state index >= 15 is 0 Å². The van der Waals surface area contributed by atoms with Crippen molar-refractivity contribution in [2.75, 3.05) is 0 Å². The molecule has 1 heterocycles. The van der Waals surface area contributed by atoms with Gasteiger partial charge in [-0.1, -0.05) is 0 Å². The molecule has 0 saturated carbocycles. The Bertz CT molecular complexity index is 725. The van der Waals surface area contributed by atoms with Crippen LogP contribution >= 0.6 is 0 Å². The third-order valence-corrected chi connectivity index (χ3v) is 4.27. The van der Waals surface area contributed by atoms with Crippen molar-refractivity contribution < 1.29 is 9.53 Å². The highest BCUT2D eigenvalue weighted by atomic mass is 16.6. The van der Waals surface area contributed by atoms with Crippen LogP contribution in [0.25, 0.3) is 10.9 Å². The van der Waals surface area contributed by atoms with E-state index in [1.807, 2.05) is 27.7 Å². The topological polar surface area (TPSA) is 54.1 Å². The summed E-state index contributed by atoms with van der Waals surface area (Å²) < 4.78 is 5.32. The van der Waals surface area contributed by atoms with E-state index in [0.717, 1.165) is 6.42 Å². The Morgan fingerprint density at radius 3 is 2.70 bits per heavy atom. The molecule has 2 aromatic rings. The highest BCUT2D eigenvalue weighted by molar-refractivity contribution is 5.85. The number of alkyl carbamates (subject to hydrolysis) is 1. The maximum Gasteiger partial charge on any atom is 0.407 e. The van der Waals surface area contributed by atoms with Gasteiger partial charge in [-0.25, -0.2) is 4.79 Å². The summed E-state index contributed by atoms with van der Waals surface area (Å²) in [6.07, 6.45) is 6.13. The first kappa shape index (κ1) is 15.9. The molecule has 1 aromatic heterocycles. The Morgan fingerprint density at radius 2 is 2.00 bits per heavy atom. The molecule has 23 heavy (non-hydrogen) atoms. The Balaban J connectivity index is 1.70. The summed E-state index contributed by atoms with van der Waals surface area (Å²) in [4.78, 5) is 15.2. The molecule has 1 aliphatic carbocycles. The number of benzene rings is 1. The van der Waals surface area contributed by atoms with Gasteiger partial charge in [-0.2, -0.15) is 0 Å². The van der Waals surface area contributed by atoms with Crippen LogP contribution in [0.4, 0.5) is 4.79 Å². The Labute approximate surface area is 137 Å². The van der Waals surface area contributed by atoms with Crippen molar-refractivity contribution in [3.63, 3.8) is 0 Å². The largest absolute Gasteiger partial charge is 0.444 e. The third-order valence-electron chi connectivity index (χ3n) is 4.27. The predicted molar refractivity (Wildman–Crippen MR) is 92.9 cm³/mol. The van der Waals surface area contributed by atoms with Crippen LogP contribution in [0.1, 0.15) is 50.8 Å². The zero-order valence-electron chi connectivity index (χ0n) is 14.5. The maximum absolute atomic E-state index is 11.9. The molecule has 0 radical (unpaired) electrons. The molecule has 0 fully saturated rings.